The Balaban J connectivity index is 2.27. The highest BCUT2D eigenvalue weighted by molar-refractivity contribution is 5.59. The molecule has 0 bridgehead atoms. The van der Waals surface area contributed by atoms with Gasteiger partial charge in [0.1, 0.15) is 6.20 Å². The number of rotatable bonds is 5. The number of piperidine rings is 1. The number of hydrogen-bond acceptors (Lipinski definition) is 6. The molecule has 7 heteroatoms. The fourth-order valence-electron chi connectivity index (χ4n) is 2.16. The van der Waals surface area contributed by atoms with Gasteiger partial charge in [0, 0.05) is 19.6 Å². The smallest absolute Gasteiger partial charge is 0.329 e. The van der Waals surface area contributed by atoms with E-state index in [2.05, 4.69) is 15.3 Å². The van der Waals surface area contributed by atoms with Gasteiger partial charge in [0.25, 0.3) is 0 Å². The lowest BCUT2D eigenvalue weighted by Crippen LogP contribution is -2.31. The summed E-state index contributed by atoms with van der Waals surface area (Å²) in [4.78, 5) is 21.0. The summed E-state index contributed by atoms with van der Waals surface area (Å²) in [6, 6.07) is 0. The van der Waals surface area contributed by atoms with E-state index < -0.39 is 4.92 Å². The van der Waals surface area contributed by atoms with Crippen LogP contribution in [0.5, 0.6) is 0 Å². The van der Waals surface area contributed by atoms with Crippen LogP contribution in [-0.4, -0.2) is 34.5 Å². The molecule has 0 amide bonds. The predicted octanol–water partition coefficient (Wildman–Crippen LogP) is 2.20. The van der Waals surface area contributed by atoms with E-state index in [1.165, 1.54) is 12.6 Å². The number of nitrogens with zero attached hydrogens (tertiary/aromatic N) is 4. The van der Waals surface area contributed by atoms with Crippen LogP contribution in [0.1, 0.15) is 32.6 Å². The first-order chi connectivity index (χ1) is 9.22. The number of nitro groups is 1. The fraction of sp³-hybridized carbons (Fsp3) is 0.667. The van der Waals surface area contributed by atoms with E-state index in [-0.39, 0.29) is 5.69 Å². The zero-order valence-electron chi connectivity index (χ0n) is 11.1. The third-order valence-corrected chi connectivity index (χ3v) is 3.14. The number of aromatic nitrogens is 2. The summed E-state index contributed by atoms with van der Waals surface area (Å²) in [6.07, 6.45) is 5.54. The van der Waals surface area contributed by atoms with Crippen LogP contribution in [0.2, 0.25) is 0 Å². The standard InChI is InChI=1S/C12H19N5O2/c1-2-6-13-12-14-9-10(17(18)19)11(15-12)16-7-4-3-5-8-16/h9H,2-8H2,1H3,(H,13,14,15). The molecule has 1 aromatic heterocycles. The Kier molecular flexibility index (Phi) is 4.48. The Hall–Kier alpha value is -1.92. The molecule has 1 aliphatic rings. The second kappa shape index (κ2) is 6.31. The van der Waals surface area contributed by atoms with Crippen molar-refractivity contribution in [2.75, 3.05) is 29.9 Å². The van der Waals surface area contributed by atoms with Crippen molar-refractivity contribution in [3.05, 3.63) is 16.3 Å². The summed E-state index contributed by atoms with van der Waals surface area (Å²) in [7, 11) is 0. The lowest BCUT2D eigenvalue weighted by molar-refractivity contribution is -0.384. The highest BCUT2D eigenvalue weighted by Crippen LogP contribution is 2.28. The van der Waals surface area contributed by atoms with Crippen molar-refractivity contribution in [2.24, 2.45) is 0 Å². The van der Waals surface area contributed by atoms with Gasteiger partial charge in [0.15, 0.2) is 0 Å². The molecule has 2 heterocycles. The van der Waals surface area contributed by atoms with Crippen LogP contribution >= 0.6 is 0 Å². The minimum Gasteiger partial charge on any atom is -0.354 e. The van der Waals surface area contributed by atoms with Crippen LogP contribution in [0, 0.1) is 10.1 Å². The van der Waals surface area contributed by atoms with Crippen LogP contribution in [0.15, 0.2) is 6.20 Å². The Morgan fingerprint density at radius 1 is 1.42 bits per heavy atom. The fourth-order valence-corrected chi connectivity index (χ4v) is 2.16. The third-order valence-electron chi connectivity index (χ3n) is 3.14. The molecule has 1 N–H and O–H groups in total. The number of hydrogen-bond donors (Lipinski definition) is 1. The minimum absolute atomic E-state index is 0.0102. The van der Waals surface area contributed by atoms with Crippen molar-refractivity contribution in [1.29, 1.82) is 0 Å². The zero-order valence-corrected chi connectivity index (χ0v) is 11.1. The van der Waals surface area contributed by atoms with Gasteiger partial charge >= 0.3 is 5.69 Å². The predicted molar refractivity (Wildman–Crippen MR) is 73.5 cm³/mol. The summed E-state index contributed by atoms with van der Waals surface area (Å²) < 4.78 is 0. The minimum atomic E-state index is -0.409. The average molecular weight is 265 g/mol. The SMILES string of the molecule is CCCNc1ncc([N+](=O)[O-])c(N2CCCCC2)n1. The first-order valence-corrected chi connectivity index (χ1v) is 6.72. The number of anilines is 2. The molecule has 2 rings (SSSR count). The van der Waals surface area contributed by atoms with Gasteiger partial charge in [-0.15, -0.1) is 0 Å². The Labute approximate surface area is 112 Å². The Bertz CT molecular complexity index is 446. The van der Waals surface area contributed by atoms with Crippen molar-refractivity contribution in [3.63, 3.8) is 0 Å². The van der Waals surface area contributed by atoms with Crippen LogP contribution in [0.25, 0.3) is 0 Å². The molecule has 1 fully saturated rings. The topological polar surface area (TPSA) is 84.2 Å². The molecule has 0 spiro atoms. The van der Waals surface area contributed by atoms with E-state index in [0.717, 1.165) is 38.9 Å². The molecule has 0 aliphatic carbocycles. The molecule has 0 unspecified atom stereocenters. The molecular formula is C12H19N5O2. The first-order valence-electron chi connectivity index (χ1n) is 6.72. The highest BCUT2D eigenvalue weighted by atomic mass is 16.6. The van der Waals surface area contributed by atoms with Gasteiger partial charge in [-0.05, 0) is 25.7 Å². The largest absolute Gasteiger partial charge is 0.354 e. The lowest BCUT2D eigenvalue weighted by atomic mass is 10.1. The summed E-state index contributed by atoms with van der Waals surface area (Å²) in [6.45, 7) is 4.46. The maximum absolute atomic E-state index is 11.1. The van der Waals surface area contributed by atoms with Gasteiger partial charge < -0.3 is 10.2 Å². The van der Waals surface area contributed by atoms with Crippen LogP contribution in [0.3, 0.4) is 0 Å². The van der Waals surface area contributed by atoms with Crippen molar-refractivity contribution < 1.29 is 4.92 Å². The molecule has 1 saturated heterocycles. The van der Waals surface area contributed by atoms with Crippen LogP contribution in [0.4, 0.5) is 17.5 Å². The molecule has 7 nitrogen and oxygen atoms in total. The maximum Gasteiger partial charge on any atom is 0.329 e. The van der Waals surface area contributed by atoms with Gasteiger partial charge in [-0.1, -0.05) is 6.92 Å². The van der Waals surface area contributed by atoms with E-state index in [0.29, 0.717) is 11.8 Å². The lowest BCUT2D eigenvalue weighted by Gasteiger charge is -2.27. The van der Waals surface area contributed by atoms with Gasteiger partial charge in [-0.3, -0.25) is 10.1 Å². The molecule has 19 heavy (non-hydrogen) atoms. The molecule has 104 valence electrons. The number of nitrogens with one attached hydrogen (secondary N) is 1. The van der Waals surface area contributed by atoms with E-state index in [1.807, 2.05) is 11.8 Å². The summed E-state index contributed by atoms with van der Waals surface area (Å²) >= 11 is 0. The second-order valence-electron chi connectivity index (χ2n) is 4.63. The van der Waals surface area contributed by atoms with E-state index >= 15 is 0 Å². The van der Waals surface area contributed by atoms with Crippen LogP contribution in [-0.2, 0) is 0 Å². The van der Waals surface area contributed by atoms with Gasteiger partial charge in [0.05, 0.1) is 4.92 Å². The highest BCUT2D eigenvalue weighted by Gasteiger charge is 2.24. The van der Waals surface area contributed by atoms with Gasteiger partial charge in [-0.2, -0.15) is 4.98 Å². The maximum atomic E-state index is 11.1. The van der Waals surface area contributed by atoms with Gasteiger partial charge in [-0.25, -0.2) is 4.98 Å². The molecule has 1 aromatic rings. The summed E-state index contributed by atoms with van der Waals surface area (Å²) in [5.74, 6) is 0.909. The normalized spacial score (nSPS) is 15.3. The molecule has 0 saturated carbocycles. The molecule has 1 aliphatic heterocycles. The first kappa shape index (κ1) is 13.5. The van der Waals surface area contributed by atoms with E-state index in [4.69, 9.17) is 0 Å². The van der Waals surface area contributed by atoms with E-state index in [1.54, 1.807) is 0 Å². The van der Waals surface area contributed by atoms with Crippen molar-refractivity contribution >= 4 is 17.5 Å². The quantitative estimate of drug-likeness (QED) is 0.649. The molecule has 0 atom stereocenters. The van der Waals surface area contributed by atoms with E-state index in [9.17, 15) is 10.1 Å². The van der Waals surface area contributed by atoms with Crippen molar-refractivity contribution in [3.8, 4) is 0 Å². The molecule has 0 radical (unpaired) electrons. The van der Waals surface area contributed by atoms with Gasteiger partial charge in [0.2, 0.25) is 11.8 Å². The third kappa shape index (κ3) is 3.30. The van der Waals surface area contributed by atoms with Crippen LogP contribution < -0.4 is 10.2 Å². The Morgan fingerprint density at radius 3 is 2.79 bits per heavy atom. The van der Waals surface area contributed by atoms with Crippen molar-refractivity contribution in [2.45, 2.75) is 32.6 Å². The monoisotopic (exact) mass is 265 g/mol. The Morgan fingerprint density at radius 2 is 2.16 bits per heavy atom. The zero-order chi connectivity index (χ0) is 13.7. The molecular weight excluding hydrogens is 246 g/mol. The summed E-state index contributed by atoms with van der Waals surface area (Å²) in [5.41, 5.74) is -0.0102. The van der Waals surface area contributed by atoms with Crippen molar-refractivity contribution in [1.82, 2.24) is 9.97 Å². The summed E-state index contributed by atoms with van der Waals surface area (Å²) in [5, 5.41) is 14.1. The second-order valence-corrected chi connectivity index (χ2v) is 4.63. The molecule has 0 aromatic carbocycles. The average Bonchev–Trinajstić information content (AvgIpc) is 2.45.